The van der Waals surface area contributed by atoms with Gasteiger partial charge >= 0.3 is 6.03 Å². The van der Waals surface area contributed by atoms with Crippen molar-refractivity contribution < 1.29 is 18.8 Å². The monoisotopic (exact) mass is 422 g/mol. The van der Waals surface area contributed by atoms with Gasteiger partial charge in [0.05, 0.1) is 10.7 Å². The normalized spacial score (nSPS) is 16.4. The van der Waals surface area contributed by atoms with Gasteiger partial charge in [-0.25, -0.2) is 14.1 Å². The average molecular weight is 424 g/mol. The van der Waals surface area contributed by atoms with E-state index in [0.29, 0.717) is 0 Å². The molecular weight excluding hydrogens is 415 g/mol. The maximum absolute atomic E-state index is 13.9. The fourth-order valence-corrected chi connectivity index (χ4v) is 2.76. The molecule has 0 unspecified atom stereocenters. The van der Waals surface area contributed by atoms with Crippen molar-refractivity contribution >= 4 is 57.1 Å². The molecule has 8 heteroatoms. The second-order valence-electron chi connectivity index (χ2n) is 5.07. The highest BCUT2D eigenvalue weighted by Crippen LogP contribution is 2.26. The standard InChI is InChI=1S/C17H9BrClFN2O3/c18-9-4-6-10(7-5-9)22-16(24)12(15(23)21-17(22)25)8-11-13(19)2-1-3-14(11)20/h1-8H,(H,21,23,25)/b12-8+. The third-order valence-corrected chi connectivity index (χ3v) is 4.33. The Hall–Kier alpha value is -2.51. The van der Waals surface area contributed by atoms with E-state index in [1.165, 1.54) is 24.3 Å². The Morgan fingerprint density at radius 3 is 2.40 bits per heavy atom. The molecule has 1 heterocycles. The van der Waals surface area contributed by atoms with Gasteiger partial charge in [0.15, 0.2) is 0 Å². The maximum Gasteiger partial charge on any atom is 0.335 e. The summed E-state index contributed by atoms with van der Waals surface area (Å²) < 4.78 is 14.7. The van der Waals surface area contributed by atoms with Crippen LogP contribution in [0.5, 0.6) is 0 Å². The Labute approximate surface area is 155 Å². The molecule has 1 saturated heterocycles. The molecule has 2 aromatic carbocycles. The smallest absolute Gasteiger partial charge is 0.273 e. The van der Waals surface area contributed by atoms with E-state index in [0.717, 1.165) is 21.5 Å². The minimum atomic E-state index is -0.914. The number of hydrogen-bond donors (Lipinski definition) is 1. The number of carbonyl (C=O) groups excluding carboxylic acids is 3. The Kier molecular flexibility index (Phi) is 4.69. The number of imide groups is 2. The van der Waals surface area contributed by atoms with Gasteiger partial charge in [-0.1, -0.05) is 33.6 Å². The van der Waals surface area contributed by atoms with Gasteiger partial charge in [-0.05, 0) is 42.5 Å². The summed E-state index contributed by atoms with van der Waals surface area (Å²) in [6.07, 6.45) is 1.04. The van der Waals surface area contributed by atoms with Gasteiger partial charge in [0.25, 0.3) is 11.8 Å². The number of nitrogens with zero attached hydrogens (tertiary/aromatic N) is 1. The molecule has 0 spiro atoms. The predicted octanol–water partition coefficient (Wildman–Crippen LogP) is 3.91. The molecule has 1 aliphatic rings. The number of benzene rings is 2. The fourth-order valence-electron chi connectivity index (χ4n) is 2.28. The molecule has 1 N–H and O–H groups in total. The van der Waals surface area contributed by atoms with Gasteiger partial charge in [0.1, 0.15) is 11.4 Å². The molecule has 126 valence electrons. The van der Waals surface area contributed by atoms with Crippen molar-refractivity contribution in [2.45, 2.75) is 0 Å². The summed E-state index contributed by atoms with van der Waals surface area (Å²) in [5, 5.41) is 2.11. The van der Waals surface area contributed by atoms with E-state index in [4.69, 9.17) is 11.6 Å². The number of nitrogens with one attached hydrogen (secondary N) is 1. The Morgan fingerprint density at radius 2 is 1.76 bits per heavy atom. The van der Waals surface area contributed by atoms with Crippen LogP contribution in [0, 0.1) is 5.82 Å². The first kappa shape index (κ1) is 17.3. The number of halogens is 3. The van der Waals surface area contributed by atoms with Crippen molar-refractivity contribution in [1.82, 2.24) is 5.32 Å². The van der Waals surface area contributed by atoms with Crippen LogP contribution in [0.15, 0.2) is 52.5 Å². The van der Waals surface area contributed by atoms with Gasteiger partial charge < -0.3 is 0 Å². The molecule has 1 aliphatic heterocycles. The summed E-state index contributed by atoms with van der Waals surface area (Å²) in [6.45, 7) is 0. The van der Waals surface area contributed by atoms with E-state index >= 15 is 0 Å². The van der Waals surface area contributed by atoms with Gasteiger partial charge in [0, 0.05) is 10.0 Å². The third kappa shape index (κ3) is 3.33. The number of anilines is 1. The van der Waals surface area contributed by atoms with Crippen LogP contribution >= 0.6 is 27.5 Å². The summed E-state index contributed by atoms with van der Waals surface area (Å²) in [4.78, 5) is 37.6. The van der Waals surface area contributed by atoms with Crippen molar-refractivity contribution in [3.8, 4) is 0 Å². The first-order valence-corrected chi connectivity index (χ1v) is 8.16. The van der Waals surface area contributed by atoms with E-state index in [2.05, 4.69) is 21.2 Å². The van der Waals surface area contributed by atoms with E-state index in [1.807, 2.05) is 0 Å². The number of barbiturate groups is 1. The van der Waals surface area contributed by atoms with Gasteiger partial charge in [-0.2, -0.15) is 0 Å². The summed E-state index contributed by atoms with van der Waals surface area (Å²) in [6, 6.07) is 9.46. The van der Waals surface area contributed by atoms with Crippen LogP contribution in [0.2, 0.25) is 5.02 Å². The Bertz CT molecular complexity index is 908. The molecular formula is C17H9BrClFN2O3. The van der Waals surface area contributed by atoms with Gasteiger partial charge in [-0.15, -0.1) is 0 Å². The van der Waals surface area contributed by atoms with Crippen molar-refractivity contribution in [3.63, 3.8) is 0 Å². The van der Waals surface area contributed by atoms with E-state index in [-0.39, 0.29) is 16.3 Å². The van der Waals surface area contributed by atoms with E-state index in [9.17, 15) is 18.8 Å². The lowest BCUT2D eigenvalue weighted by Gasteiger charge is -2.26. The van der Waals surface area contributed by atoms with E-state index in [1.54, 1.807) is 12.1 Å². The van der Waals surface area contributed by atoms with Gasteiger partial charge in [0.2, 0.25) is 0 Å². The van der Waals surface area contributed by atoms with Crippen LogP contribution in [-0.4, -0.2) is 17.8 Å². The number of rotatable bonds is 2. The van der Waals surface area contributed by atoms with Crippen LogP contribution in [0.1, 0.15) is 5.56 Å². The number of hydrogen-bond acceptors (Lipinski definition) is 3. The molecule has 0 aliphatic carbocycles. The highest BCUT2D eigenvalue weighted by Gasteiger charge is 2.37. The summed E-state index contributed by atoms with van der Waals surface area (Å²) in [5.41, 5.74) is -0.231. The van der Waals surface area contributed by atoms with Crippen molar-refractivity contribution in [2.24, 2.45) is 0 Å². The van der Waals surface area contributed by atoms with Crippen molar-refractivity contribution in [3.05, 3.63) is 68.9 Å². The van der Waals surface area contributed by atoms with Crippen LogP contribution in [-0.2, 0) is 9.59 Å². The molecule has 0 saturated carbocycles. The lowest BCUT2D eigenvalue weighted by molar-refractivity contribution is -0.122. The van der Waals surface area contributed by atoms with E-state index < -0.39 is 29.2 Å². The first-order valence-electron chi connectivity index (χ1n) is 6.99. The van der Waals surface area contributed by atoms with Crippen LogP contribution < -0.4 is 10.2 Å². The molecule has 0 radical (unpaired) electrons. The van der Waals surface area contributed by atoms with Crippen molar-refractivity contribution in [1.29, 1.82) is 0 Å². The largest absolute Gasteiger partial charge is 0.335 e. The summed E-state index contributed by atoms with van der Waals surface area (Å²) in [5.74, 6) is -2.47. The first-order chi connectivity index (χ1) is 11.9. The Morgan fingerprint density at radius 1 is 1.08 bits per heavy atom. The Balaban J connectivity index is 2.07. The number of amides is 4. The molecule has 25 heavy (non-hydrogen) atoms. The molecule has 0 atom stereocenters. The quantitative estimate of drug-likeness (QED) is 0.588. The number of urea groups is 1. The molecule has 5 nitrogen and oxygen atoms in total. The van der Waals surface area contributed by atoms with Crippen LogP contribution in [0.3, 0.4) is 0 Å². The zero-order chi connectivity index (χ0) is 18.1. The zero-order valence-corrected chi connectivity index (χ0v) is 14.8. The maximum atomic E-state index is 13.9. The zero-order valence-electron chi connectivity index (χ0n) is 12.4. The molecule has 4 amide bonds. The van der Waals surface area contributed by atoms with Gasteiger partial charge in [-0.3, -0.25) is 14.9 Å². The second kappa shape index (κ2) is 6.78. The summed E-state index contributed by atoms with van der Waals surface area (Å²) in [7, 11) is 0. The predicted molar refractivity (Wildman–Crippen MR) is 94.6 cm³/mol. The van der Waals surface area contributed by atoms with Crippen LogP contribution in [0.4, 0.5) is 14.9 Å². The fraction of sp³-hybridized carbons (Fsp3) is 0. The second-order valence-corrected chi connectivity index (χ2v) is 6.39. The minimum absolute atomic E-state index is 0.0418. The lowest BCUT2D eigenvalue weighted by atomic mass is 10.1. The molecule has 2 aromatic rings. The average Bonchev–Trinajstić information content (AvgIpc) is 2.55. The molecule has 0 aromatic heterocycles. The molecule has 3 rings (SSSR count). The number of carbonyl (C=O) groups is 3. The minimum Gasteiger partial charge on any atom is -0.273 e. The molecule has 0 bridgehead atoms. The molecule has 1 fully saturated rings. The topological polar surface area (TPSA) is 66.5 Å². The van der Waals surface area contributed by atoms with Crippen LogP contribution in [0.25, 0.3) is 6.08 Å². The summed E-state index contributed by atoms with van der Waals surface area (Å²) >= 11 is 9.19. The highest BCUT2D eigenvalue weighted by atomic mass is 79.9. The highest BCUT2D eigenvalue weighted by molar-refractivity contribution is 9.10. The SMILES string of the molecule is O=C1NC(=O)N(c2ccc(Br)cc2)C(=O)/C1=C/c1c(F)cccc1Cl. The van der Waals surface area contributed by atoms with Crippen molar-refractivity contribution in [2.75, 3.05) is 4.90 Å². The third-order valence-electron chi connectivity index (χ3n) is 3.47. The lowest BCUT2D eigenvalue weighted by Crippen LogP contribution is -2.54.